The molecule has 1 aliphatic carbocycles. The minimum Gasteiger partial charge on any atom is -0.481 e. The lowest BCUT2D eigenvalue weighted by Crippen LogP contribution is -2.49. The molecule has 0 spiro atoms. The molecular weight excluding hydrogens is 335 g/mol. The van der Waals surface area contributed by atoms with Gasteiger partial charge < -0.3 is 20.6 Å². The van der Waals surface area contributed by atoms with Crippen molar-refractivity contribution in [3.05, 3.63) is 41.8 Å². The van der Waals surface area contributed by atoms with Gasteiger partial charge in [-0.05, 0) is 37.5 Å². The second kappa shape index (κ2) is 6.40. The van der Waals surface area contributed by atoms with Gasteiger partial charge in [-0.1, -0.05) is 0 Å². The van der Waals surface area contributed by atoms with Gasteiger partial charge in [-0.25, -0.2) is 4.39 Å². The second-order valence-electron chi connectivity index (χ2n) is 6.41. The number of halogens is 1. The monoisotopic (exact) mass is 356 g/mol. The molecule has 1 aromatic heterocycles. The Labute approximate surface area is 151 Å². The maximum atomic E-state index is 15.0. The number of anilines is 1. The predicted molar refractivity (Wildman–Crippen MR) is 98.2 cm³/mol. The molecule has 0 bridgehead atoms. The van der Waals surface area contributed by atoms with Crippen molar-refractivity contribution in [2.24, 2.45) is 5.73 Å². The Hall–Kier alpha value is -2.96. The smallest absolute Gasteiger partial charge is 0.224 e. The second-order valence-corrected chi connectivity index (χ2v) is 6.41. The molecule has 7 heteroatoms. The van der Waals surface area contributed by atoms with Crippen molar-refractivity contribution in [1.82, 2.24) is 10.4 Å². The standard InChI is InChI=1S/C19H21FN4O2/c1-25-16-9-7-13(19(23-16)26-2)17-14(20)8-6-12-15(21)10-22-24(18(12)17)11-4-3-5-11/h6-11,22H,3-5,21H2,1-2H3. The van der Waals surface area contributed by atoms with E-state index >= 15 is 4.39 Å². The third-order valence-electron chi connectivity index (χ3n) is 4.98. The highest BCUT2D eigenvalue weighted by molar-refractivity contribution is 5.91. The zero-order chi connectivity index (χ0) is 18.3. The molecule has 136 valence electrons. The average Bonchev–Trinajstić information content (AvgIpc) is 2.62. The van der Waals surface area contributed by atoms with Gasteiger partial charge in [0.05, 0.1) is 31.6 Å². The maximum absolute atomic E-state index is 15.0. The molecule has 1 saturated carbocycles. The number of pyridine rings is 1. The van der Waals surface area contributed by atoms with Crippen LogP contribution in [-0.4, -0.2) is 25.2 Å². The highest BCUT2D eigenvalue weighted by atomic mass is 19.1. The van der Waals surface area contributed by atoms with Crippen LogP contribution in [0.5, 0.6) is 11.8 Å². The van der Waals surface area contributed by atoms with Gasteiger partial charge in [0, 0.05) is 29.0 Å². The van der Waals surface area contributed by atoms with Crippen LogP contribution in [0.3, 0.4) is 0 Å². The summed E-state index contributed by atoms with van der Waals surface area (Å²) in [5.41, 5.74) is 12.4. The van der Waals surface area contributed by atoms with Crippen LogP contribution in [0.2, 0.25) is 0 Å². The fourth-order valence-electron chi connectivity index (χ4n) is 3.40. The van der Waals surface area contributed by atoms with Crippen molar-refractivity contribution in [2.45, 2.75) is 25.3 Å². The molecule has 26 heavy (non-hydrogen) atoms. The van der Waals surface area contributed by atoms with Crippen LogP contribution in [0.4, 0.5) is 10.1 Å². The largest absolute Gasteiger partial charge is 0.481 e. The lowest BCUT2D eigenvalue weighted by molar-refractivity contribution is 0.365. The minimum atomic E-state index is -0.352. The third-order valence-corrected chi connectivity index (χ3v) is 4.98. The Bertz CT molecular complexity index is 880. The van der Waals surface area contributed by atoms with Gasteiger partial charge in [-0.15, -0.1) is 0 Å². The number of hydrogen-bond donors (Lipinski definition) is 2. The van der Waals surface area contributed by atoms with Crippen LogP contribution in [0.25, 0.3) is 16.8 Å². The summed E-state index contributed by atoms with van der Waals surface area (Å²) in [7, 11) is 3.04. The average molecular weight is 356 g/mol. The first-order chi connectivity index (χ1) is 12.6. The number of fused-ring (bicyclic) bond motifs is 1. The SMILES string of the molecule is COc1ccc(-c2c(F)ccc3c2N(C2CCC2)NC=C3N)c(OC)n1. The number of ether oxygens (including phenoxy) is 2. The Balaban J connectivity index is 1.95. The number of nitrogens with two attached hydrogens (primary N) is 1. The Morgan fingerprint density at radius 2 is 1.92 bits per heavy atom. The lowest BCUT2D eigenvalue weighted by atomic mass is 9.89. The number of benzene rings is 1. The van der Waals surface area contributed by atoms with Crippen LogP contribution in [-0.2, 0) is 0 Å². The van der Waals surface area contributed by atoms with Crippen molar-refractivity contribution in [2.75, 3.05) is 19.2 Å². The van der Waals surface area contributed by atoms with E-state index in [4.69, 9.17) is 15.2 Å². The summed E-state index contributed by atoms with van der Waals surface area (Å²) >= 11 is 0. The molecule has 2 aliphatic rings. The maximum Gasteiger partial charge on any atom is 0.224 e. The number of hydrazine groups is 1. The Morgan fingerprint density at radius 3 is 2.58 bits per heavy atom. The van der Waals surface area contributed by atoms with Crippen LogP contribution in [0, 0.1) is 5.82 Å². The van der Waals surface area contributed by atoms with E-state index < -0.39 is 0 Å². The number of nitrogens with zero attached hydrogens (tertiary/aromatic N) is 2. The van der Waals surface area contributed by atoms with Gasteiger partial charge in [0.1, 0.15) is 5.82 Å². The summed E-state index contributed by atoms with van der Waals surface area (Å²) in [4.78, 5) is 4.30. The summed E-state index contributed by atoms with van der Waals surface area (Å²) < 4.78 is 25.6. The highest BCUT2D eigenvalue weighted by Gasteiger charge is 2.33. The molecule has 1 fully saturated rings. The van der Waals surface area contributed by atoms with Crippen molar-refractivity contribution < 1.29 is 13.9 Å². The molecular formula is C19H21FN4O2. The van der Waals surface area contributed by atoms with Crippen molar-refractivity contribution in [3.8, 4) is 22.9 Å². The zero-order valence-electron chi connectivity index (χ0n) is 14.8. The molecule has 0 atom stereocenters. The molecule has 0 saturated heterocycles. The van der Waals surface area contributed by atoms with E-state index in [1.54, 1.807) is 24.4 Å². The molecule has 2 heterocycles. The first-order valence-corrected chi connectivity index (χ1v) is 8.57. The molecule has 0 unspecified atom stereocenters. The number of nitrogens with one attached hydrogen (secondary N) is 1. The quantitative estimate of drug-likeness (QED) is 0.877. The third kappa shape index (κ3) is 2.51. The van der Waals surface area contributed by atoms with Crippen LogP contribution in [0.15, 0.2) is 30.5 Å². The van der Waals surface area contributed by atoms with Gasteiger partial charge in [-0.3, -0.25) is 5.01 Å². The Kier molecular flexibility index (Phi) is 4.06. The summed E-state index contributed by atoms with van der Waals surface area (Å²) in [6, 6.07) is 6.91. The van der Waals surface area contributed by atoms with E-state index in [1.165, 1.54) is 20.3 Å². The molecule has 0 radical (unpaired) electrons. The summed E-state index contributed by atoms with van der Waals surface area (Å²) in [6.45, 7) is 0. The molecule has 4 rings (SSSR count). The first kappa shape index (κ1) is 16.5. The topological polar surface area (TPSA) is 72.6 Å². The first-order valence-electron chi connectivity index (χ1n) is 8.57. The number of aromatic nitrogens is 1. The predicted octanol–water partition coefficient (Wildman–Crippen LogP) is 3.04. The molecule has 3 N–H and O–H groups in total. The lowest BCUT2D eigenvalue weighted by Gasteiger charge is -2.42. The number of methoxy groups -OCH3 is 2. The van der Waals surface area contributed by atoms with E-state index in [0.717, 1.165) is 30.5 Å². The van der Waals surface area contributed by atoms with Gasteiger partial charge in [0.15, 0.2) is 0 Å². The van der Waals surface area contributed by atoms with Crippen LogP contribution in [0.1, 0.15) is 24.8 Å². The molecule has 0 amide bonds. The molecule has 2 aromatic rings. The van der Waals surface area contributed by atoms with E-state index in [9.17, 15) is 0 Å². The van der Waals surface area contributed by atoms with E-state index in [2.05, 4.69) is 10.4 Å². The van der Waals surface area contributed by atoms with Gasteiger partial charge in [0.2, 0.25) is 11.8 Å². The molecule has 1 aromatic carbocycles. The number of rotatable bonds is 4. The summed E-state index contributed by atoms with van der Waals surface area (Å²) in [6.07, 6.45) is 5.02. The Morgan fingerprint density at radius 1 is 1.15 bits per heavy atom. The molecule has 6 nitrogen and oxygen atoms in total. The summed E-state index contributed by atoms with van der Waals surface area (Å²) in [5.74, 6) is 0.359. The van der Waals surface area contributed by atoms with E-state index in [-0.39, 0.29) is 5.82 Å². The fourth-order valence-corrected chi connectivity index (χ4v) is 3.40. The van der Waals surface area contributed by atoms with Crippen molar-refractivity contribution in [1.29, 1.82) is 0 Å². The van der Waals surface area contributed by atoms with Crippen molar-refractivity contribution in [3.63, 3.8) is 0 Å². The molecule has 1 aliphatic heterocycles. The minimum absolute atomic E-state index is 0.302. The van der Waals surface area contributed by atoms with Gasteiger partial charge in [0.25, 0.3) is 0 Å². The zero-order valence-corrected chi connectivity index (χ0v) is 14.8. The normalized spacial score (nSPS) is 16.3. The highest BCUT2D eigenvalue weighted by Crippen LogP contribution is 2.45. The van der Waals surface area contributed by atoms with Crippen LogP contribution >= 0.6 is 0 Å². The summed E-state index contributed by atoms with van der Waals surface area (Å²) in [5, 5.41) is 2.01. The number of hydrogen-bond acceptors (Lipinski definition) is 6. The van der Waals surface area contributed by atoms with E-state index in [1.807, 2.05) is 5.01 Å². The van der Waals surface area contributed by atoms with Gasteiger partial charge >= 0.3 is 0 Å². The van der Waals surface area contributed by atoms with E-state index in [0.29, 0.717) is 34.6 Å². The van der Waals surface area contributed by atoms with Crippen molar-refractivity contribution >= 4 is 11.4 Å². The fraction of sp³-hybridized carbons (Fsp3) is 0.316. The van der Waals surface area contributed by atoms with Gasteiger partial charge in [-0.2, -0.15) is 4.98 Å². The van der Waals surface area contributed by atoms with Crippen LogP contribution < -0.4 is 25.6 Å².